The van der Waals surface area contributed by atoms with E-state index >= 15 is 0 Å². The fourth-order valence-electron chi connectivity index (χ4n) is 2.37. The van der Waals surface area contributed by atoms with Gasteiger partial charge in [-0.2, -0.15) is 4.31 Å². The van der Waals surface area contributed by atoms with Crippen LogP contribution in [0.2, 0.25) is 0 Å². The molecule has 106 valence electrons. The molecule has 2 rings (SSSR count). The zero-order valence-electron chi connectivity index (χ0n) is 10.9. The van der Waals surface area contributed by atoms with Crippen LogP contribution in [0.15, 0.2) is 33.6 Å². The monoisotopic (exact) mass is 347 g/mol. The number of sulfonamides is 1. The number of rotatable bonds is 4. The van der Waals surface area contributed by atoms with Crippen molar-refractivity contribution < 1.29 is 13.2 Å². The van der Waals surface area contributed by atoms with E-state index in [4.69, 9.17) is 4.74 Å². The third-order valence-corrected chi connectivity index (χ3v) is 5.74. The summed E-state index contributed by atoms with van der Waals surface area (Å²) in [6.07, 6.45) is 1.92. The van der Waals surface area contributed by atoms with Crippen molar-refractivity contribution in [1.29, 1.82) is 0 Å². The van der Waals surface area contributed by atoms with E-state index in [0.717, 1.165) is 17.3 Å². The van der Waals surface area contributed by atoms with Crippen LogP contribution in [0, 0.1) is 5.92 Å². The number of nitrogens with zero attached hydrogens (tertiary/aromatic N) is 1. The normalized spacial score (nSPS) is 21.5. The van der Waals surface area contributed by atoms with E-state index in [1.165, 1.54) is 0 Å². The lowest BCUT2D eigenvalue weighted by atomic mass is 10.0. The molecule has 1 aromatic carbocycles. The average Bonchev–Trinajstić information content (AvgIpc) is 2.40. The van der Waals surface area contributed by atoms with Gasteiger partial charge in [-0.15, -0.1) is 0 Å². The van der Waals surface area contributed by atoms with Crippen molar-refractivity contribution in [3.05, 3.63) is 28.7 Å². The minimum Gasteiger partial charge on any atom is -0.384 e. The van der Waals surface area contributed by atoms with Gasteiger partial charge in [-0.05, 0) is 43.0 Å². The SMILES string of the molecule is COC[C@H]1CCCN(S(=O)(=O)c2ccc(Br)cc2)C1. The highest BCUT2D eigenvalue weighted by atomic mass is 79.9. The van der Waals surface area contributed by atoms with Crippen LogP contribution in [-0.4, -0.2) is 39.5 Å². The largest absolute Gasteiger partial charge is 0.384 e. The molecule has 1 heterocycles. The molecular weight excluding hydrogens is 330 g/mol. The number of benzene rings is 1. The first-order valence-corrected chi connectivity index (χ1v) is 8.52. The molecule has 1 saturated heterocycles. The second kappa shape index (κ2) is 6.35. The van der Waals surface area contributed by atoms with Gasteiger partial charge in [0, 0.05) is 24.7 Å². The summed E-state index contributed by atoms with van der Waals surface area (Å²) >= 11 is 3.31. The summed E-state index contributed by atoms with van der Waals surface area (Å²) in [5.41, 5.74) is 0. The summed E-state index contributed by atoms with van der Waals surface area (Å²) in [6, 6.07) is 6.78. The van der Waals surface area contributed by atoms with Crippen LogP contribution in [0.25, 0.3) is 0 Å². The lowest BCUT2D eigenvalue weighted by Crippen LogP contribution is -2.41. The van der Waals surface area contributed by atoms with Crippen LogP contribution in [0.4, 0.5) is 0 Å². The van der Waals surface area contributed by atoms with E-state index in [2.05, 4.69) is 15.9 Å². The Labute approximate surface area is 122 Å². The highest BCUT2D eigenvalue weighted by Crippen LogP contribution is 2.24. The Morgan fingerprint density at radius 1 is 1.37 bits per heavy atom. The van der Waals surface area contributed by atoms with Crippen molar-refractivity contribution >= 4 is 26.0 Å². The summed E-state index contributed by atoms with van der Waals surface area (Å²) in [4.78, 5) is 0.355. The van der Waals surface area contributed by atoms with E-state index in [-0.39, 0.29) is 0 Å². The second-order valence-electron chi connectivity index (χ2n) is 4.78. The molecule has 0 unspecified atom stereocenters. The van der Waals surface area contributed by atoms with E-state index in [1.807, 2.05) is 0 Å². The van der Waals surface area contributed by atoms with Crippen molar-refractivity contribution in [3.8, 4) is 0 Å². The highest BCUT2D eigenvalue weighted by molar-refractivity contribution is 9.10. The number of ether oxygens (including phenoxy) is 1. The number of halogens is 1. The van der Waals surface area contributed by atoms with Crippen LogP contribution in [0.3, 0.4) is 0 Å². The molecule has 1 aliphatic rings. The Kier molecular flexibility index (Phi) is 5.00. The molecule has 0 aliphatic carbocycles. The Balaban J connectivity index is 2.17. The zero-order chi connectivity index (χ0) is 13.9. The van der Waals surface area contributed by atoms with Gasteiger partial charge >= 0.3 is 0 Å². The third-order valence-electron chi connectivity index (χ3n) is 3.34. The Morgan fingerprint density at radius 3 is 2.68 bits per heavy atom. The predicted molar refractivity (Wildman–Crippen MR) is 77.5 cm³/mol. The molecule has 0 bridgehead atoms. The maximum absolute atomic E-state index is 12.5. The number of methoxy groups -OCH3 is 1. The lowest BCUT2D eigenvalue weighted by molar-refractivity contribution is 0.118. The van der Waals surface area contributed by atoms with Crippen LogP contribution in [0.5, 0.6) is 0 Å². The summed E-state index contributed by atoms with van der Waals surface area (Å²) in [7, 11) is -1.72. The topological polar surface area (TPSA) is 46.6 Å². The fraction of sp³-hybridized carbons (Fsp3) is 0.538. The molecule has 0 spiro atoms. The smallest absolute Gasteiger partial charge is 0.243 e. The Bertz CT molecular complexity index is 513. The van der Waals surface area contributed by atoms with Gasteiger partial charge in [0.25, 0.3) is 0 Å². The Morgan fingerprint density at radius 2 is 2.05 bits per heavy atom. The number of hydrogen-bond donors (Lipinski definition) is 0. The molecule has 1 aliphatic heterocycles. The van der Waals surface area contributed by atoms with Crippen molar-refractivity contribution in [2.75, 3.05) is 26.8 Å². The summed E-state index contributed by atoms with van der Waals surface area (Å²) < 4.78 is 32.6. The van der Waals surface area contributed by atoms with E-state index in [1.54, 1.807) is 35.7 Å². The van der Waals surface area contributed by atoms with Crippen molar-refractivity contribution in [1.82, 2.24) is 4.31 Å². The third kappa shape index (κ3) is 3.56. The van der Waals surface area contributed by atoms with E-state index in [9.17, 15) is 8.42 Å². The van der Waals surface area contributed by atoms with E-state index in [0.29, 0.717) is 30.5 Å². The van der Waals surface area contributed by atoms with Gasteiger partial charge in [0.2, 0.25) is 10.0 Å². The lowest BCUT2D eigenvalue weighted by Gasteiger charge is -2.31. The molecule has 0 saturated carbocycles. The first kappa shape index (κ1) is 15.0. The van der Waals surface area contributed by atoms with Crippen LogP contribution in [0.1, 0.15) is 12.8 Å². The van der Waals surface area contributed by atoms with Crippen molar-refractivity contribution in [2.24, 2.45) is 5.92 Å². The fourth-order valence-corrected chi connectivity index (χ4v) is 4.19. The van der Waals surface area contributed by atoms with Crippen LogP contribution < -0.4 is 0 Å². The molecular formula is C13H18BrNO3S. The molecule has 1 fully saturated rings. The quantitative estimate of drug-likeness (QED) is 0.840. The van der Waals surface area contributed by atoms with Crippen LogP contribution in [-0.2, 0) is 14.8 Å². The minimum atomic E-state index is -3.37. The molecule has 0 aromatic heterocycles. The molecule has 6 heteroatoms. The second-order valence-corrected chi connectivity index (χ2v) is 7.63. The molecule has 19 heavy (non-hydrogen) atoms. The number of hydrogen-bond acceptors (Lipinski definition) is 3. The van der Waals surface area contributed by atoms with Gasteiger partial charge in [0.15, 0.2) is 0 Å². The van der Waals surface area contributed by atoms with Gasteiger partial charge in [-0.3, -0.25) is 0 Å². The van der Waals surface area contributed by atoms with Crippen molar-refractivity contribution in [3.63, 3.8) is 0 Å². The summed E-state index contributed by atoms with van der Waals surface area (Å²) in [5.74, 6) is 0.295. The Hall–Kier alpha value is -0.430. The molecule has 0 radical (unpaired) electrons. The van der Waals surface area contributed by atoms with Crippen LogP contribution >= 0.6 is 15.9 Å². The molecule has 4 nitrogen and oxygen atoms in total. The maximum atomic E-state index is 12.5. The van der Waals surface area contributed by atoms with Gasteiger partial charge in [-0.1, -0.05) is 15.9 Å². The van der Waals surface area contributed by atoms with Gasteiger partial charge in [0.05, 0.1) is 11.5 Å². The van der Waals surface area contributed by atoms with Gasteiger partial charge < -0.3 is 4.74 Å². The number of piperidine rings is 1. The van der Waals surface area contributed by atoms with Gasteiger partial charge in [-0.25, -0.2) is 8.42 Å². The zero-order valence-corrected chi connectivity index (χ0v) is 13.3. The van der Waals surface area contributed by atoms with E-state index < -0.39 is 10.0 Å². The average molecular weight is 348 g/mol. The highest BCUT2D eigenvalue weighted by Gasteiger charge is 2.30. The molecule has 1 aromatic rings. The summed E-state index contributed by atoms with van der Waals surface area (Å²) in [5, 5.41) is 0. The van der Waals surface area contributed by atoms with Crippen molar-refractivity contribution in [2.45, 2.75) is 17.7 Å². The molecule has 1 atom stereocenters. The molecule has 0 amide bonds. The molecule has 0 N–H and O–H groups in total. The maximum Gasteiger partial charge on any atom is 0.243 e. The summed E-state index contributed by atoms with van der Waals surface area (Å²) in [6.45, 7) is 1.76. The predicted octanol–water partition coefficient (Wildman–Crippen LogP) is 2.50. The first-order chi connectivity index (χ1) is 9.04. The van der Waals surface area contributed by atoms with Gasteiger partial charge in [0.1, 0.15) is 0 Å². The first-order valence-electron chi connectivity index (χ1n) is 6.28. The standard InChI is InChI=1S/C13H18BrNO3S/c1-18-10-11-3-2-8-15(9-11)19(16,17)13-6-4-12(14)5-7-13/h4-7,11H,2-3,8-10H2,1H3/t11-/m0/s1. The minimum absolute atomic E-state index is 0.295.